The highest BCUT2D eigenvalue weighted by atomic mass is 32.2. The van der Waals surface area contributed by atoms with Crippen LogP contribution in [0.4, 0.5) is 5.69 Å². The van der Waals surface area contributed by atoms with Crippen LogP contribution in [0.25, 0.3) is 0 Å². The third-order valence-electron chi connectivity index (χ3n) is 2.90. The van der Waals surface area contributed by atoms with Gasteiger partial charge in [0, 0.05) is 19.3 Å². The summed E-state index contributed by atoms with van der Waals surface area (Å²) < 4.78 is 26.4. The van der Waals surface area contributed by atoms with Gasteiger partial charge in [-0.3, -0.25) is 4.79 Å². The lowest BCUT2D eigenvalue weighted by atomic mass is 10.2. The van der Waals surface area contributed by atoms with Crippen molar-refractivity contribution >= 4 is 21.6 Å². The number of amides is 1. The molecule has 1 amide bonds. The van der Waals surface area contributed by atoms with Crippen molar-refractivity contribution in [1.29, 1.82) is 0 Å². The fourth-order valence-corrected chi connectivity index (χ4v) is 3.55. The van der Waals surface area contributed by atoms with Crippen LogP contribution in [0.2, 0.25) is 0 Å². The van der Waals surface area contributed by atoms with Crippen molar-refractivity contribution in [1.82, 2.24) is 9.62 Å². The fraction of sp³-hybridized carbons (Fsp3) is 0.462. The van der Waals surface area contributed by atoms with E-state index in [0.29, 0.717) is 17.7 Å². The summed E-state index contributed by atoms with van der Waals surface area (Å²) in [5.74, 6) is -0.344. The summed E-state index contributed by atoms with van der Waals surface area (Å²) in [6.45, 7) is 3.65. The topological polar surface area (TPSA) is 92.5 Å². The fourth-order valence-electron chi connectivity index (χ4n) is 1.81. The van der Waals surface area contributed by atoms with Gasteiger partial charge in [0.05, 0.1) is 11.4 Å². The third kappa shape index (κ3) is 3.71. The van der Waals surface area contributed by atoms with Crippen molar-refractivity contribution in [2.75, 3.05) is 25.9 Å². The minimum absolute atomic E-state index is 0.148. The Labute approximate surface area is 120 Å². The van der Waals surface area contributed by atoms with Gasteiger partial charge in [-0.15, -0.1) is 0 Å². The Morgan fingerprint density at radius 1 is 1.40 bits per heavy atom. The molecular weight excluding hydrogens is 278 g/mol. The SMILES string of the molecule is CCCN(CC(=O)NC)S(=O)(=O)c1cc(N)ccc1C. The standard InChI is InChI=1S/C13H21N3O3S/c1-4-7-16(9-13(17)15-3)20(18,19)12-8-11(14)6-5-10(12)2/h5-6,8H,4,7,9,14H2,1-3H3,(H,15,17). The molecule has 0 saturated heterocycles. The molecule has 0 spiro atoms. The maximum atomic E-state index is 12.6. The number of likely N-dealkylation sites (N-methyl/N-ethyl adjacent to an activating group) is 1. The highest BCUT2D eigenvalue weighted by Crippen LogP contribution is 2.22. The third-order valence-corrected chi connectivity index (χ3v) is 4.89. The Kier molecular flexibility index (Phi) is 5.52. The quantitative estimate of drug-likeness (QED) is 0.757. The summed E-state index contributed by atoms with van der Waals surface area (Å²) >= 11 is 0. The zero-order valence-electron chi connectivity index (χ0n) is 12.0. The van der Waals surface area contributed by atoms with E-state index < -0.39 is 10.0 Å². The summed E-state index contributed by atoms with van der Waals surface area (Å²) in [6, 6.07) is 4.74. The number of sulfonamides is 1. The Balaban J connectivity index is 3.22. The van der Waals surface area contributed by atoms with E-state index in [2.05, 4.69) is 5.32 Å². The molecule has 0 aliphatic carbocycles. The van der Waals surface area contributed by atoms with Crippen LogP contribution in [0.5, 0.6) is 0 Å². The lowest BCUT2D eigenvalue weighted by molar-refractivity contribution is -0.120. The number of nitrogens with two attached hydrogens (primary N) is 1. The number of nitrogens with zero attached hydrogens (tertiary/aromatic N) is 1. The first-order valence-corrected chi connectivity index (χ1v) is 7.83. The predicted molar refractivity (Wildman–Crippen MR) is 78.7 cm³/mol. The van der Waals surface area contributed by atoms with Gasteiger partial charge in [-0.25, -0.2) is 8.42 Å². The first-order valence-electron chi connectivity index (χ1n) is 6.39. The molecule has 7 heteroatoms. The van der Waals surface area contributed by atoms with E-state index in [4.69, 9.17) is 5.73 Å². The second kappa shape index (κ2) is 6.71. The van der Waals surface area contributed by atoms with E-state index in [1.165, 1.54) is 17.4 Å². The largest absolute Gasteiger partial charge is 0.399 e. The normalized spacial score (nSPS) is 11.6. The Morgan fingerprint density at radius 3 is 2.60 bits per heavy atom. The minimum Gasteiger partial charge on any atom is -0.399 e. The van der Waals surface area contributed by atoms with Crippen LogP contribution < -0.4 is 11.1 Å². The Bertz CT molecular complexity index is 585. The van der Waals surface area contributed by atoms with Crippen molar-refractivity contribution in [3.05, 3.63) is 23.8 Å². The smallest absolute Gasteiger partial charge is 0.243 e. The van der Waals surface area contributed by atoms with Crippen molar-refractivity contribution in [3.63, 3.8) is 0 Å². The first kappa shape index (κ1) is 16.5. The molecule has 0 unspecified atom stereocenters. The highest BCUT2D eigenvalue weighted by molar-refractivity contribution is 7.89. The number of rotatable bonds is 6. The Hall–Kier alpha value is -1.60. The monoisotopic (exact) mass is 299 g/mol. The minimum atomic E-state index is -3.73. The van der Waals surface area contributed by atoms with Crippen LogP contribution in [0, 0.1) is 6.92 Å². The molecule has 1 rings (SSSR count). The number of hydrogen-bond donors (Lipinski definition) is 2. The van der Waals surface area contributed by atoms with E-state index in [9.17, 15) is 13.2 Å². The maximum absolute atomic E-state index is 12.6. The van der Waals surface area contributed by atoms with Crippen LogP contribution in [0.3, 0.4) is 0 Å². The first-order chi connectivity index (χ1) is 9.32. The molecular formula is C13H21N3O3S. The Morgan fingerprint density at radius 2 is 2.05 bits per heavy atom. The molecule has 1 aromatic carbocycles. The maximum Gasteiger partial charge on any atom is 0.243 e. The number of anilines is 1. The highest BCUT2D eigenvalue weighted by Gasteiger charge is 2.27. The lowest BCUT2D eigenvalue weighted by Gasteiger charge is -2.22. The zero-order chi connectivity index (χ0) is 15.3. The van der Waals surface area contributed by atoms with Gasteiger partial charge in [-0.1, -0.05) is 13.0 Å². The molecule has 0 aliphatic heterocycles. The molecule has 0 fully saturated rings. The summed E-state index contributed by atoms with van der Waals surface area (Å²) in [7, 11) is -2.25. The number of nitrogen functional groups attached to an aromatic ring is 1. The van der Waals surface area contributed by atoms with Crippen LogP contribution in [-0.2, 0) is 14.8 Å². The molecule has 0 saturated carbocycles. The molecule has 1 aromatic rings. The number of aryl methyl sites for hydroxylation is 1. The van der Waals surface area contributed by atoms with Gasteiger partial charge in [0.25, 0.3) is 0 Å². The van der Waals surface area contributed by atoms with Gasteiger partial charge in [0.2, 0.25) is 15.9 Å². The second-order valence-electron chi connectivity index (χ2n) is 4.54. The molecule has 3 N–H and O–H groups in total. The van der Waals surface area contributed by atoms with Crippen LogP contribution in [0.15, 0.2) is 23.1 Å². The van der Waals surface area contributed by atoms with Gasteiger partial charge in [0.15, 0.2) is 0 Å². The molecule has 0 atom stereocenters. The number of hydrogen-bond acceptors (Lipinski definition) is 4. The molecule has 0 bridgehead atoms. The summed E-state index contributed by atoms with van der Waals surface area (Å²) in [4.78, 5) is 11.6. The van der Waals surface area contributed by atoms with Gasteiger partial charge in [-0.2, -0.15) is 4.31 Å². The van der Waals surface area contributed by atoms with Gasteiger partial charge in [0.1, 0.15) is 0 Å². The average molecular weight is 299 g/mol. The second-order valence-corrected chi connectivity index (χ2v) is 6.44. The van der Waals surface area contributed by atoms with Gasteiger partial charge < -0.3 is 11.1 Å². The number of carbonyl (C=O) groups excluding carboxylic acids is 1. The predicted octanol–water partition coefficient (Wildman–Crippen LogP) is 0.724. The van der Waals surface area contributed by atoms with Crippen LogP contribution in [-0.4, -0.2) is 38.8 Å². The van der Waals surface area contributed by atoms with Crippen molar-refractivity contribution in [2.45, 2.75) is 25.2 Å². The molecule has 112 valence electrons. The van der Waals surface area contributed by atoms with E-state index in [1.807, 2.05) is 6.92 Å². The van der Waals surface area contributed by atoms with E-state index in [0.717, 1.165) is 0 Å². The molecule has 0 radical (unpaired) electrons. The van der Waals surface area contributed by atoms with Crippen molar-refractivity contribution in [2.24, 2.45) is 0 Å². The van der Waals surface area contributed by atoms with E-state index in [1.54, 1.807) is 19.1 Å². The van der Waals surface area contributed by atoms with E-state index in [-0.39, 0.29) is 23.9 Å². The van der Waals surface area contributed by atoms with Gasteiger partial charge in [-0.05, 0) is 31.0 Å². The number of nitrogens with one attached hydrogen (secondary N) is 1. The van der Waals surface area contributed by atoms with Crippen LogP contribution in [0.1, 0.15) is 18.9 Å². The van der Waals surface area contributed by atoms with Crippen LogP contribution >= 0.6 is 0 Å². The zero-order valence-corrected chi connectivity index (χ0v) is 12.8. The summed E-state index contributed by atoms with van der Waals surface area (Å²) in [6.07, 6.45) is 0.623. The average Bonchev–Trinajstić information content (AvgIpc) is 2.40. The molecule has 20 heavy (non-hydrogen) atoms. The molecule has 6 nitrogen and oxygen atoms in total. The van der Waals surface area contributed by atoms with Gasteiger partial charge >= 0.3 is 0 Å². The summed E-state index contributed by atoms with van der Waals surface area (Å²) in [5, 5.41) is 2.43. The molecule has 0 heterocycles. The number of benzene rings is 1. The summed E-state index contributed by atoms with van der Waals surface area (Å²) in [5.41, 5.74) is 6.65. The lowest BCUT2D eigenvalue weighted by Crippen LogP contribution is -2.40. The number of carbonyl (C=O) groups is 1. The molecule has 0 aromatic heterocycles. The van der Waals surface area contributed by atoms with E-state index >= 15 is 0 Å². The molecule has 0 aliphatic rings. The van der Waals surface area contributed by atoms with Crippen molar-refractivity contribution in [3.8, 4) is 0 Å². The van der Waals surface area contributed by atoms with Crippen molar-refractivity contribution < 1.29 is 13.2 Å².